The number of rotatable bonds is 4. The molecule has 1 aliphatic heterocycles. The number of benzene rings is 1. The number of aryl methyl sites for hydroxylation is 1. The highest BCUT2D eigenvalue weighted by Crippen LogP contribution is 2.34. The second-order valence-corrected chi connectivity index (χ2v) is 6.42. The Hall–Kier alpha value is -3.04. The molecule has 1 aromatic carbocycles. The number of carboxylic acid groups (broad SMARTS) is 1. The number of aromatic amines is 1. The smallest absolute Gasteiger partial charge is 0.435 e. The molecule has 0 spiro atoms. The molecule has 0 saturated heterocycles. The number of fused-ring (bicyclic) bond motifs is 2. The van der Waals surface area contributed by atoms with Gasteiger partial charge in [0.1, 0.15) is 5.82 Å². The van der Waals surface area contributed by atoms with Gasteiger partial charge in [-0.05, 0) is 31.0 Å². The Morgan fingerprint density at radius 3 is 2.89 bits per heavy atom. The summed E-state index contributed by atoms with van der Waals surface area (Å²) in [7, 11) is 0. The molecule has 10 heteroatoms. The Labute approximate surface area is 151 Å². The van der Waals surface area contributed by atoms with Gasteiger partial charge in [-0.3, -0.25) is 5.10 Å². The molecule has 4 rings (SSSR count). The number of aromatic nitrogens is 4. The fourth-order valence-electron chi connectivity index (χ4n) is 3.42. The highest BCUT2D eigenvalue weighted by molar-refractivity contribution is 6.01. The van der Waals surface area contributed by atoms with Gasteiger partial charge in [0.2, 0.25) is 0 Å². The van der Waals surface area contributed by atoms with Crippen molar-refractivity contribution in [3.63, 3.8) is 0 Å². The summed E-state index contributed by atoms with van der Waals surface area (Å²) in [5.74, 6) is -0.716. The Balaban J connectivity index is 1.65. The van der Waals surface area contributed by atoms with Gasteiger partial charge < -0.3 is 15.0 Å². The summed E-state index contributed by atoms with van der Waals surface area (Å²) in [4.78, 5) is 15.0. The minimum atomic E-state index is -4.52. The molecule has 0 atom stereocenters. The van der Waals surface area contributed by atoms with Crippen molar-refractivity contribution in [1.29, 1.82) is 0 Å². The molecule has 2 aromatic heterocycles. The van der Waals surface area contributed by atoms with Crippen LogP contribution in [0, 0.1) is 0 Å². The maximum Gasteiger partial charge on any atom is 0.435 e. The van der Waals surface area contributed by atoms with E-state index >= 15 is 0 Å². The number of carboxylic acids is 1. The lowest BCUT2D eigenvalue weighted by Gasteiger charge is -2.17. The minimum Gasteiger partial charge on any atom is -0.476 e. The van der Waals surface area contributed by atoms with E-state index in [0.29, 0.717) is 35.4 Å². The van der Waals surface area contributed by atoms with Crippen molar-refractivity contribution in [2.24, 2.45) is 0 Å². The molecule has 3 N–H and O–H groups in total. The number of nitrogens with zero attached hydrogens (tertiary/aromatic N) is 3. The van der Waals surface area contributed by atoms with Crippen LogP contribution in [-0.2, 0) is 25.7 Å². The van der Waals surface area contributed by atoms with Crippen LogP contribution in [0.15, 0.2) is 18.2 Å². The highest BCUT2D eigenvalue weighted by Gasteiger charge is 2.39. The predicted molar refractivity (Wildman–Crippen MR) is 90.5 cm³/mol. The first-order chi connectivity index (χ1) is 12.8. The van der Waals surface area contributed by atoms with Crippen LogP contribution in [0.3, 0.4) is 0 Å². The van der Waals surface area contributed by atoms with Crippen molar-refractivity contribution in [2.45, 2.75) is 38.5 Å². The number of carbonyl (C=O) groups is 1. The molecule has 0 unspecified atom stereocenters. The van der Waals surface area contributed by atoms with Crippen LogP contribution in [0.4, 0.5) is 18.9 Å². The monoisotopic (exact) mass is 379 g/mol. The summed E-state index contributed by atoms with van der Waals surface area (Å²) in [6.07, 6.45) is -2.34. The Kier molecular flexibility index (Phi) is 4.05. The largest absolute Gasteiger partial charge is 0.476 e. The quantitative estimate of drug-likeness (QED) is 0.646. The summed E-state index contributed by atoms with van der Waals surface area (Å²) in [5.41, 5.74) is 0.151. The summed E-state index contributed by atoms with van der Waals surface area (Å²) in [5, 5.41) is 18.9. The van der Waals surface area contributed by atoms with E-state index in [9.17, 15) is 18.0 Å². The van der Waals surface area contributed by atoms with Gasteiger partial charge >= 0.3 is 12.1 Å². The summed E-state index contributed by atoms with van der Waals surface area (Å²) in [6.45, 7) is 0.451. The van der Waals surface area contributed by atoms with Gasteiger partial charge in [0.15, 0.2) is 11.4 Å². The minimum absolute atomic E-state index is 0.0619. The fraction of sp³-hybridized carbons (Fsp3) is 0.353. The van der Waals surface area contributed by atoms with Crippen molar-refractivity contribution >= 4 is 22.6 Å². The second kappa shape index (κ2) is 6.29. The van der Waals surface area contributed by atoms with E-state index in [1.54, 1.807) is 22.8 Å². The third kappa shape index (κ3) is 3.11. The first kappa shape index (κ1) is 17.4. The van der Waals surface area contributed by atoms with Gasteiger partial charge in [-0.2, -0.15) is 18.3 Å². The normalized spacial score (nSPS) is 14.3. The molecule has 0 bridgehead atoms. The number of nitrogens with one attached hydrogen (secondary N) is 2. The molecule has 142 valence electrons. The van der Waals surface area contributed by atoms with E-state index in [4.69, 9.17) is 5.11 Å². The van der Waals surface area contributed by atoms with E-state index in [0.717, 1.165) is 12.8 Å². The van der Waals surface area contributed by atoms with Crippen molar-refractivity contribution in [1.82, 2.24) is 19.7 Å². The number of H-pyrrole nitrogens is 1. The van der Waals surface area contributed by atoms with E-state index in [1.165, 1.54) is 0 Å². The van der Waals surface area contributed by atoms with Crippen LogP contribution in [0.1, 0.15) is 40.5 Å². The molecule has 0 fully saturated rings. The number of aromatic carboxylic acids is 1. The highest BCUT2D eigenvalue weighted by atomic mass is 19.4. The lowest BCUT2D eigenvalue weighted by molar-refractivity contribution is -0.141. The molecule has 0 radical (unpaired) electrons. The van der Waals surface area contributed by atoms with E-state index in [1.807, 2.05) is 0 Å². The molecule has 1 aliphatic rings. The molecule has 0 saturated carbocycles. The zero-order valence-electron chi connectivity index (χ0n) is 14.1. The fourth-order valence-corrected chi connectivity index (χ4v) is 3.42. The van der Waals surface area contributed by atoms with Crippen LogP contribution < -0.4 is 5.32 Å². The van der Waals surface area contributed by atoms with Crippen LogP contribution in [0.5, 0.6) is 0 Å². The van der Waals surface area contributed by atoms with E-state index < -0.39 is 17.8 Å². The van der Waals surface area contributed by atoms with Crippen molar-refractivity contribution in [3.05, 3.63) is 41.1 Å². The molecule has 27 heavy (non-hydrogen) atoms. The summed E-state index contributed by atoms with van der Waals surface area (Å²) in [6, 6.07) is 4.85. The maximum absolute atomic E-state index is 13.4. The van der Waals surface area contributed by atoms with E-state index in [2.05, 4.69) is 20.5 Å². The number of hydrogen-bond acceptors (Lipinski definition) is 4. The number of alkyl halides is 3. The van der Waals surface area contributed by atoms with Crippen molar-refractivity contribution in [3.8, 4) is 0 Å². The van der Waals surface area contributed by atoms with Gasteiger partial charge in [-0.1, -0.05) is 0 Å². The first-order valence-electron chi connectivity index (χ1n) is 8.45. The zero-order chi connectivity index (χ0) is 19.2. The molecule has 3 aromatic rings. The average molecular weight is 379 g/mol. The lowest BCUT2D eigenvalue weighted by atomic mass is 10.1. The van der Waals surface area contributed by atoms with Gasteiger partial charge in [0.05, 0.1) is 17.8 Å². The summed E-state index contributed by atoms with van der Waals surface area (Å²) < 4.78 is 41.8. The van der Waals surface area contributed by atoms with Crippen LogP contribution >= 0.6 is 0 Å². The molecule has 7 nitrogen and oxygen atoms in total. The molecule has 0 amide bonds. The van der Waals surface area contributed by atoms with Gasteiger partial charge in [0, 0.05) is 24.0 Å². The predicted octanol–water partition coefficient (Wildman–Crippen LogP) is 3.42. The Morgan fingerprint density at radius 2 is 2.15 bits per heavy atom. The number of halogens is 3. The third-order valence-electron chi connectivity index (χ3n) is 4.68. The molecular weight excluding hydrogens is 363 g/mol. The molecular formula is C17H16F3N5O2. The SMILES string of the molecule is O=C(O)c1n[nH]c2ccc(NCc3c(C(F)(F)F)nc4n3CCCC4)cc12. The van der Waals surface area contributed by atoms with Gasteiger partial charge in [-0.25, -0.2) is 9.78 Å². The van der Waals surface area contributed by atoms with Crippen LogP contribution in [-0.4, -0.2) is 30.8 Å². The Bertz CT molecular complexity index is 1020. The second-order valence-electron chi connectivity index (χ2n) is 6.42. The summed E-state index contributed by atoms with van der Waals surface area (Å²) >= 11 is 0. The van der Waals surface area contributed by atoms with Crippen molar-refractivity contribution < 1.29 is 23.1 Å². The van der Waals surface area contributed by atoms with Crippen molar-refractivity contribution in [2.75, 3.05) is 5.32 Å². The number of imidazole rings is 1. The zero-order valence-corrected chi connectivity index (χ0v) is 14.1. The van der Waals surface area contributed by atoms with Crippen LogP contribution in [0.25, 0.3) is 10.9 Å². The standard InChI is InChI=1S/C17H16F3N5O2/c18-17(19,20)15-12(25-6-2-1-3-13(25)22-15)8-21-9-4-5-11-10(7-9)14(16(26)27)24-23-11/h4-5,7,21H,1-3,6,8H2,(H,23,24)(H,26,27). The molecule has 3 heterocycles. The lowest BCUT2D eigenvalue weighted by Crippen LogP contribution is -2.17. The van der Waals surface area contributed by atoms with Gasteiger partial charge in [-0.15, -0.1) is 0 Å². The first-order valence-corrected chi connectivity index (χ1v) is 8.45. The average Bonchev–Trinajstić information content (AvgIpc) is 3.20. The number of hydrogen-bond donors (Lipinski definition) is 3. The van der Waals surface area contributed by atoms with E-state index in [-0.39, 0.29) is 17.9 Å². The third-order valence-corrected chi connectivity index (χ3v) is 4.68. The Morgan fingerprint density at radius 1 is 1.33 bits per heavy atom. The molecule has 0 aliphatic carbocycles. The number of anilines is 1. The van der Waals surface area contributed by atoms with Crippen LogP contribution in [0.2, 0.25) is 0 Å². The van der Waals surface area contributed by atoms with Gasteiger partial charge in [0.25, 0.3) is 0 Å². The topological polar surface area (TPSA) is 95.8 Å². The maximum atomic E-state index is 13.4.